The molecule has 0 radical (unpaired) electrons. The van der Waals surface area contributed by atoms with Gasteiger partial charge in [0.2, 0.25) is 5.91 Å². The second-order valence-corrected chi connectivity index (χ2v) is 8.31. The van der Waals surface area contributed by atoms with Crippen molar-refractivity contribution in [3.05, 3.63) is 29.8 Å². The first-order valence-electron chi connectivity index (χ1n) is 9.79. The molecule has 1 fully saturated rings. The number of benzene rings is 1. The fourth-order valence-electron chi connectivity index (χ4n) is 4.07. The standard InChI is InChI=1S/C21H32N4O2.HI/c1-6-22-19(25-17-12-21(4,27-5)20(17,2)3)23-13-14-11-18(26)24-16-10-8-7-9-15(14)16;/h7-10,14,17H,6,11-13H2,1-5H3,(H,24,26)(H2,22,23,25);1H. The molecule has 1 aromatic carbocycles. The highest BCUT2D eigenvalue weighted by Crippen LogP contribution is 2.51. The van der Waals surface area contributed by atoms with Crippen LogP contribution in [0.2, 0.25) is 0 Å². The van der Waals surface area contributed by atoms with E-state index in [1.807, 2.05) is 18.2 Å². The maximum atomic E-state index is 12.0. The van der Waals surface area contributed by atoms with E-state index >= 15 is 0 Å². The number of ether oxygens (including phenoxy) is 1. The van der Waals surface area contributed by atoms with Gasteiger partial charge in [0.25, 0.3) is 0 Å². The van der Waals surface area contributed by atoms with Crippen LogP contribution in [-0.4, -0.2) is 43.7 Å². The van der Waals surface area contributed by atoms with Crippen LogP contribution in [0.1, 0.15) is 52.0 Å². The Labute approximate surface area is 185 Å². The number of fused-ring (bicyclic) bond motifs is 1. The van der Waals surface area contributed by atoms with Crippen LogP contribution >= 0.6 is 24.0 Å². The molecule has 6 nitrogen and oxygen atoms in total. The number of carbonyl (C=O) groups is 1. The van der Waals surface area contributed by atoms with Gasteiger partial charge in [0.15, 0.2) is 5.96 Å². The molecule has 1 aliphatic carbocycles. The Morgan fingerprint density at radius 3 is 2.68 bits per heavy atom. The molecule has 0 spiro atoms. The minimum Gasteiger partial charge on any atom is -0.378 e. The van der Waals surface area contributed by atoms with E-state index in [4.69, 9.17) is 9.73 Å². The average Bonchev–Trinajstić information content (AvgIpc) is 2.65. The molecule has 156 valence electrons. The van der Waals surface area contributed by atoms with Gasteiger partial charge < -0.3 is 20.7 Å². The molecule has 2 aliphatic rings. The van der Waals surface area contributed by atoms with Crippen LogP contribution < -0.4 is 16.0 Å². The van der Waals surface area contributed by atoms with Crippen LogP contribution in [0.15, 0.2) is 29.3 Å². The van der Waals surface area contributed by atoms with Crippen molar-refractivity contribution >= 4 is 41.5 Å². The van der Waals surface area contributed by atoms with Crippen molar-refractivity contribution in [3.63, 3.8) is 0 Å². The quantitative estimate of drug-likeness (QED) is 0.329. The maximum Gasteiger partial charge on any atom is 0.225 e. The topological polar surface area (TPSA) is 74.8 Å². The van der Waals surface area contributed by atoms with Crippen molar-refractivity contribution in [1.82, 2.24) is 10.6 Å². The summed E-state index contributed by atoms with van der Waals surface area (Å²) in [5.41, 5.74) is 1.95. The maximum absolute atomic E-state index is 12.0. The highest BCUT2D eigenvalue weighted by molar-refractivity contribution is 14.0. The Morgan fingerprint density at radius 2 is 2.04 bits per heavy atom. The molecule has 1 aromatic rings. The molecule has 3 atom stereocenters. The van der Waals surface area contributed by atoms with Gasteiger partial charge in [0, 0.05) is 43.1 Å². The van der Waals surface area contributed by atoms with Crippen molar-refractivity contribution in [2.75, 3.05) is 25.5 Å². The number of hydrogen-bond acceptors (Lipinski definition) is 3. The summed E-state index contributed by atoms with van der Waals surface area (Å²) >= 11 is 0. The summed E-state index contributed by atoms with van der Waals surface area (Å²) in [6.45, 7) is 10.0. The number of anilines is 1. The summed E-state index contributed by atoms with van der Waals surface area (Å²) in [5, 5.41) is 9.85. The monoisotopic (exact) mass is 500 g/mol. The lowest BCUT2D eigenvalue weighted by Crippen LogP contribution is -2.69. The number of hydrogen-bond donors (Lipinski definition) is 3. The summed E-state index contributed by atoms with van der Waals surface area (Å²) in [6, 6.07) is 8.28. The van der Waals surface area contributed by atoms with Gasteiger partial charge in [-0.2, -0.15) is 0 Å². The van der Waals surface area contributed by atoms with E-state index in [1.54, 1.807) is 7.11 Å². The van der Waals surface area contributed by atoms with E-state index < -0.39 is 0 Å². The summed E-state index contributed by atoms with van der Waals surface area (Å²) in [7, 11) is 1.78. The van der Waals surface area contributed by atoms with E-state index in [2.05, 4.69) is 49.7 Å². The lowest BCUT2D eigenvalue weighted by atomic mass is 9.56. The number of para-hydroxylation sites is 1. The molecule has 1 heterocycles. The second-order valence-electron chi connectivity index (χ2n) is 8.31. The van der Waals surface area contributed by atoms with E-state index in [0.717, 1.165) is 30.2 Å². The van der Waals surface area contributed by atoms with Crippen LogP contribution in [0.5, 0.6) is 0 Å². The minimum absolute atomic E-state index is 0. The zero-order chi connectivity index (χ0) is 19.7. The van der Waals surface area contributed by atoms with E-state index in [0.29, 0.717) is 19.0 Å². The molecule has 0 saturated heterocycles. The third kappa shape index (κ3) is 4.30. The SMILES string of the molecule is CCNC(=NCC1CC(=O)Nc2ccccc21)NC1CC(C)(OC)C1(C)C.I. The summed E-state index contributed by atoms with van der Waals surface area (Å²) in [6.07, 6.45) is 1.41. The van der Waals surface area contributed by atoms with Gasteiger partial charge in [-0.1, -0.05) is 32.0 Å². The van der Waals surface area contributed by atoms with E-state index in [9.17, 15) is 4.79 Å². The Bertz CT molecular complexity index is 737. The molecule has 28 heavy (non-hydrogen) atoms. The van der Waals surface area contributed by atoms with Crippen LogP contribution in [0.3, 0.4) is 0 Å². The van der Waals surface area contributed by atoms with Gasteiger partial charge in [-0.25, -0.2) is 0 Å². The predicted molar refractivity (Wildman–Crippen MR) is 125 cm³/mol. The van der Waals surface area contributed by atoms with Gasteiger partial charge in [0.1, 0.15) is 0 Å². The number of guanidine groups is 1. The molecular weight excluding hydrogens is 467 g/mol. The molecule has 3 N–H and O–H groups in total. The third-order valence-electron chi connectivity index (χ3n) is 6.51. The fourth-order valence-corrected chi connectivity index (χ4v) is 4.07. The van der Waals surface area contributed by atoms with Crippen LogP contribution in [0.4, 0.5) is 5.69 Å². The molecule has 1 saturated carbocycles. The number of methoxy groups -OCH3 is 1. The Hall–Kier alpha value is -1.35. The van der Waals surface area contributed by atoms with Crippen molar-refractivity contribution in [1.29, 1.82) is 0 Å². The first-order chi connectivity index (χ1) is 12.8. The lowest BCUT2D eigenvalue weighted by Gasteiger charge is -2.59. The van der Waals surface area contributed by atoms with Gasteiger partial charge in [-0.05, 0) is 31.9 Å². The normalized spacial score (nSPS) is 28.3. The fraction of sp³-hybridized carbons (Fsp3) is 0.619. The summed E-state index contributed by atoms with van der Waals surface area (Å²) < 4.78 is 5.72. The zero-order valence-corrected chi connectivity index (χ0v) is 19.8. The predicted octanol–water partition coefficient (Wildman–Crippen LogP) is 3.49. The Balaban J connectivity index is 0.00000280. The molecule has 1 amide bonds. The number of aliphatic imine (C=N–C) groups is 1. The Kier molecular flexibility index (Phi) is 7.36. The lowest BCUT2D eigenvalue weighted by molar-refractivity contribution is -0.176. The summed E-state index contributed by atoms with van der Waals surface area (Å²) in [5.74, 6) is 0.962. The number of nitrogens with one attached hydrogen (secondary N) is 3. The van der Waals surface area contributed by atoms with Crippen molar-refractivity contribution < 1.29 is 9.53 Å². The van der Waals surface area contributed by atoms with E-state index in [-0.39, 0.29) is 46.8 Å². The van der Waals surface area contributed by atoms with Gasteiger partial charge in [-0.3, -0.25) is 9.79 Å². The van der Waals surface area contributed by atoms with Crippen LogP contribution in [0, 0.1) is 5.41 Å². The van der Waals surface area contributed by atoms with Crippen molar-refractivity contribution in [3.8, 4) is 0 Å². The minimum atomic E-state index is -0.123. The van der Waals surface area contributed by atoms with Crippen molar-refractivity contribution in [2.45, 2.75) is 58.1 Å². The highest BCUT2D eigenvalue weighted by Gasteiger charge is 2.58. The smallest absolute Gasteiger partial charge is 0.225 e. The molecule has 3 unspecified atom stereocenters. The number of rotatable bonds is 5. The first kappa shape index (κ1) is 22.9. The zero-order valence-electron chi connectivity index (χ0n) is 17.5. The van der Waals surface area contributed by atoms with Gasteiger partial charge >= 0.3 is 0 Å². The average molecular weight is 500 g/mol. The number of nitrogens with zero attached hydrogens (tertiary/aromatic N) is 1. The molecule has 0 bridgehead atoms. The second kappa shape index (κ2) is 8.98. The van der Waals surface area contributed by atoms with Crippen molar-refractivity contribution in [2.24, 2.45) is 10.4 Å². The van der Waals surface area contributed by atoms with Gasteiger partial charge in [0.05, 0.1) is 12.1 Å². The van der Waals surface area contributed by atoms with Crippen LogP contribution in [0.25, 0.3) is 0 Å². The molecule has 3 rings (SSSR count). The molecule has 7 heteroatoms. The largest absolute Gasteiger partial charge is 0.378 e. The molecule has 1 aliphatic heterocycles. The number of carbonyl (C=O) groups excluding carboxylic acids is 1. The van der Waals surface area contributed by atoms with E-state index in [1.165, 1.54) is 0 Å². The number of amides is 1. The molecular formula is C21H33IN4O2. The summed E-state index contributed by atoms with van der Waals surface area (Å²) in [4.78, 5) is 16.8. The van der Waals surface area contributed by atoms with Crippen LogP contribution in [-0.2, 0) is 9.53 Å². The Morgan fingerprint density at radius 1 is 1.32 bits per heavy atom. The first-order valence-corrected chi connectivity index (χ1v) is 9.79. The third-order valence-corrected chi connectivity index (χ3v) is 6.51. The molecule has 0 aromatic heterocycles. The van der Waals surface area contributed by atoms with Gasteiger partial charge in [-0.15, -0.1) is 24.0 Å². The highest BCUT2D eigenvalue weighted by atomic mass is 127. The number of halogens is 1.